The zero-order valence-electron chi connectivity index (χ0n) is 13.5. The molecule has 0 radical (unpaired) electrons. The van der Waals surface area contributed by atoms with Crippen LogP contribution in [-0.2, 0) is 4.74 Å². The molecule has 1 fully saturated rings. The molecule has 3 rings (SSSR count). The van der Waals surface area contributed by atoms with Crippen LogP contribution in [0.2, 0.25) is 0 Å². The summed E-state index contributed by atoms with van der Waals surface area (Å²) in [6.07, 6.45) is 4.79. The van der Waals surface area contributed by atoms with Crippen LogP contribution in [0.1, 0.15) is 32.6 Å². The summed E-state index contributed by atoms with van der Waals surface area (Å²) in [4.78, 5) is 7.10. The van der Waals surface area contributed by atoms with Crippen LogP contribution >= 0.6 is 11.3 Å². The third-order valence-electron chi connectivity index (χ3n) is 4.14. The lowest BCUT2D eigenvalue weighted by Crippen LogP contribution is -2.24. The summed E-state index contributed by atoms with van der Waals surface area (Å²) in [5, 5.41) is 3.11. The van der Waals surface area contributed by atoms with Crippen molar-refractivity contribution >= 4 is 16.5 Å². The van der Waals surface area contributed by atoms with Crippen molar-refractivity contribution < 1.29 is 9.13 Å². The number of halogens is 1. The molecule has 0 saturated carbocycles. The summed E-state index contributed by atoms with van der Waals surface area (Å²) in [5.74, 6) is -0.213. The number of hydrogen-bond donors (Lipinski definition) is 0. The SMILES string of the molecule is CCCOC1CCCN(c2nc(-c3ccc(F)cc3)cs2)CC1. The molecular weight excluding hydrogens is 311 g/mol. The van der Waals surface area contributed by atoms with E-state index < -0.39 is 0 Å². The normalized spacial score (nSPS) is 18.9. The van der Waals surface area contributed by atoms with Gasteiger partial charge in [-0.3, -0.25) is 0 Å². The lowest BCUT2D eigenvalue weighted by molar-refractivity contribution is 0.0461. The Bertz CT molecular complexity index is 614. The molecule has 1 saturated heterocycles. The molecule has 2 heterocycles. The van der Waals surface area contributed by atoms with Crippen LogP contribution in [-0.4, -0.2) is 30.8 Å². The first-order chi connectivity index (χ1) is 11.3. The predicted octanol–water partition coefficient (Wildman–Crippen LogP) is 4.73. The summed E-state index contributed by atoms with van der Waals surface area (Å²) >= 11 is 1.66. The maximum Gasteiger partial charge on any atom is 0.185 e. The quantitative estimate of drug-likeness (QED) is 0.790. The van der Waals surface area contributed by atoms with E-state index in [1.807, 2.05) is 0 Å². The van der Waals surface area contributed by atoms with Crippen molar-refractivity contribution in [3.05, 3.63) is 35.5 Å². The molecule has 1 atom stereocenters. The largest absolute Gasteiger partial charge is 0.378 e. The topological polar surface area (TPSA) is 25.4 Å². The van der Waals surface area contributed by atoms with Gasteiger partial charge in [0.05, 0.1) is 11.8 Å². The zero-order chi connectivity index (χ0) is 16.1. The van der Waals surface area contributed by atoms with Crippen LogP contribution in [0.5, 0.6) is 0 Å². The molecular formula is C18H23FN2OS. The van der Waals surface area contributed by atoms with E-state index in [1.54, 1.807) is 23.5 Å². The molecule has 2 aromatic rings. The van der Waals surface area contributed by atoms with Gasteiger partial charge in [-0.1, -0.05) is 6.92 Å². The van der Waals surface area contributed by atoms with E-state index >= 15 is 0 Å². The van der Waals surface area contributed by atoms with Gasteiger partial charge in [0.25, 0.3) is 0 Å². The molecule has 1 aliphatic rings. The van der Waals surface area contributed by atoms with Crippen LogP contribution in [0.4, 0.5) is 9.52 Å². The highest BCUT2D eigenvalue weighted by molar-refractivity contribution is 7.14. The van der Waals surface area contributed by atoms with E-state index in [0.29, 0.717) is 6.10 Å². The molecule has 0 amide bonds. The van der Waals surface area contributed by atoms with E-state index in [0.717, 1.165) is 61.8 Å². The van der Waals surface area contributed by atoms with E-state index in [2.05, 4.69) is 17.2 Å². The fourth-order valence-corrected chi connectivity index (χ4v) is 3.76. The van der Waals surface area contributed by atoms with Gasteiger partial charge in [-0.15, -0.1) is 11.3 Å². The first-order valence-electron chi connectivity index (χ1n) is 8.34. The Balaban J connectivity index is 1.64. The number of thiazole rings is 1. The minimum absolute atomic E-state index is 0.213. The molecule has 1 aromatic heterocycles. The molecule has 1 aliphatic heterocycles. The molecule has 0 spiro atoms. The van der Waals surface area contributed by atoms with Gasteiger partial charge in [0.1, 0.15) is 5.82 Å². The summed E-state index contributed by atoms with van der Waals surface area (Å²) in [5.41, 5.74) is 1.89. The van der Waals surface area contributed by atoms with Crippen LogP contribution in [0, 0.1) is 5.82 Å². The monoisotopic (exact) mass is 334 g/mol. The molecule has 0 bridgehead atoms. The fraction of sp³-hybridized carbons (Fsp3) is 0.500. The Hall–Kier alpha value is -1.46. The third kappa shape index (κ3) is 4.30. The van der Waals surface area contributed by atoms with Crippen molar-refractivity contribution in [2.45, 2.75) is 38.7 Å². The molecule has 1 aromatic carbocycles. The molecule has 3 nitrogen and oxygen atoms in total. The van der Waals surface area contributed by atoms with E-state index in [-0.39, 0.29) is 5.82 Å². The Kier molecular flexibility index (Phi) is 5.62. The number of rotatable bonds is 5. The second kappa shape index (κ2) is 7.88. The fourth-order valence-electron chi connectivity index (χ4n) is 2.87. The third-order valence-corrected chi connectivity index (χ3v) is 5.04. The lowest BCUT2D eigenvalue weighted by Gasteiger charge is -2.19. The van der Waals surface area contributed by atoms with Gasteiger partial charge in [-0.2, -0.15) is 0 Å². The van der Waals surface area contributed by atoms with Crippen molar-refractivity contribution in [2.75, 3.05) is 24.6 Å². The van der Waals surface area contributed by atoms with Crippen LogP contribution in [0.15, 0.2) is 29.6 Å². The lowest BCUT2D eigenvalue weighted by atomic mass is 10.2. The predicted molar refractivity (Wildman–Crippen MR) is 93.6 cm³/mol. The summed E-state index contributed by atoms with van der Waals surface area (Å²) in [6, 6.07) is 6.53. The van der Waals surface area contributed by atoms with E-state index in [1.165, 1.54) is 12.1 Å². The van der Waals surface area contributed by atoms with Crippen LogP contribution in [0.25, 0.3) is 11.3 Å². The minimum atomic E-state index is -0.213. The smallest absolute Gasteiger partial charge is 0.185 e. The minimum Gasteiger partial charge on any atom is -0.378 e. The van der Waals surface area contributed by atoms with Gasteiger partial charge in [-0.05, 0) is 49.9 Å². The van der Waals surface area contributed by atoms with Gasteiger partial charge < -0.3 is 9.64 Å². The second-order valence-corrected chi connectivity index (χ2v) is 6.77. The first-order valence-corrected chi connectivity index (χ1v) is 9.22. The average molecular weight is 334 g/mol. The second-order valence-electron chi connectivity index (χ2n) is 5.93. The molecule has 23 heavy (non-hydrogen) atoms. The summed E-state index contributed by atoms with van der Waals surface area (Å²) < 4.78 is 18.9. The van der Waals surface area contributed by atoms with Gasteiger partial charge in [0.15, 0.2) is 5.13 Å². The number of anilines is 1. The van der Waals surface area contributed by atoms with Crippen molar-refractivity contribution in [3.63, 3.8) is 0 Å². The van der Waals surface area contributed by atoms with Crippen molar-refractivity contribution in [3.8, 4) is 11.3 Å². The standard InChI is InChI=1S/C18H23FN2OS/c1-2-12-22-16-4-3-10-21(11-9-16)18-20-17(13-23-18)14-5-7-15(19)8-6-14/h5-8,13,16H,2-4,9-12H2,1H3. The average Bonchev–Trinajstić information content (AvgIpc) is 2.93. The summed E-state index contributed by atoms with van der Waals surface area (Å²) in [6.45, 7) is 5.03. The highest BCUT2D eigenvalue weighted by atomic mass is 32.1. The van der Waals surface area contributed by atoms with Gasteiger partial charge in [0, 0.05) is 30.6 Å². The van der Waals surface area contributed by atoms with Gasteiger partial charge in [-0.25, -0.2) is 9.37 Å². The number of aromatic nitrogens is 1. The maximum atomic E-state index is 13.0. The highest BCUT2D eigenvalue weighted by Crippen LogP contribution is 2.29. The molecule has 5 heteroatoms. The highest BCUT2D eigenvalue weighted by Gasteiger charge is 2.19. The van der Waals surface area contributed by atoms with E-state index in [9.17, 15) is 4.39 Å². The number of nitrogens with zero attached hydrogens (tertiary/aromatic N) is 2. The van der Waals surface area contributed by atoms with Gasteiger partial charge >= 0.3 is 0 Å². The zero-order valence-corrected chi connectivity index (χ0v) is 14.3. The Morgan fingerprint density at radius 2 is 2.09 bits per heavy atom. The van der Waals surface area contributed by atoms with Crippen molar-refractivity contribution in [1.82, 2.24) is 4.98 Å². The molecule has 124 valence electrons. The summed E-state index contributed by atoms with van der Waals surface area (Å²) in [7, 11) is 0. The number of hydrogen-bond acceptors (Lipinski definition) is 4. The Labute approximate surface area is 141 Å². The first kappa shape index (κ1) is 16.4. The van der Waals surface area contributed by atoms with Crippen LogP contribution < -0.4 is 4.90 Å². The maximum absolute atomic E-state index is 13.0. The molecule has 0 aliphatic carbocycles. The van der Waals surface area contributed by atoms with Crippen molar-refractivity contribution in [2.24, 2.45) is 0 Å². The van der Waals surface area contributed by atoms with Crippen LogP contribution in [0.3, 0.4) is 0 Å². The molecule has 0 N–H and O–H groups in total. The number of ether oxygens (including phenoxy) is 1. The molecule has 1 unspecified atom stereocenters. The van der Waals surface area contributed by atoms with Gasteiger partial charge in [0.2, 0.25) is 0 Å². The Morgan fingerprint density at radius 3 is 2.87 bits per heavy atom. The number of benzene rings is 1. The Morgan fingerprint density at radius 1 is 1.26 bits per heavy atom. The van der Waals surface area contributed by atoms with E-state index in [4.69, 9.17) is 9.72 Å². The van der Waals surface area contributed by atoms with Crippen molar-refractivity contribution in [1.29, 1.82) is 0 Å².